The van der Waals surface area contributed by atoms with E-state index in [4.69, 9.17) is 4.74 Å². The zero-order valence-corrected chi connectivity index (χ0v) is 11.3. The largest absolute Gasteiger partial charge is 0.494 e. The molecule has 1 N–H and O–H groups in total. The minimum Gasteiger partial charge on any atom is -0.494 e. The Bertz CT molecular complexity index is 433. The molecule has 1 saturated heterocycles. The number of carbonyl (C=O) groups is 1. The van der Waals surface area contributed by atoms with Crippen molar-refractivity contribution in [3.63, 3.8) is 0 Å². The van der Waals surface area contributed by atoms with Crippen molar-refractivity contribution in [2.45, 2.75) is 32.3 Å². The Morgan fingerprint density at radius 1 is 1.53 bits per heavy atom. The van der Waals surface area contributed by atoms with Gasteiger partial charge in [-0.2, -0.15) is 0 Å². The second-order valence-corrected chi connectivity index (χ2v) is 4.92. The van der Waals surface area contributed by atoms with Crippen molar-refractivity contribution in [3.8, 4) is 5.75 Å². The summed E-state index contributed by atoms with van der Waals surface area (Å²) >= 11 is 0. The molecule has 0 aromatic heterocycles. The second-order valence-electron chi connectivity index (χ2n) is 4.92. The Hall–Kier alpha value is -1.55. The lowest BCUT2D eigenvalue weighted by atomic mass is 10.1. The van der Waals surface area contributed by atoms with Crippen LogP contribution in [-0.2, 0) is 0 Å². The van der Waals surface area contributed by atoms with Crippen molar-refractivity contribution < 1.29 is 14.6 Å². The summed E-state index contributed by atoms with van der Waals surface area (Å²) in [4.78, 5) is 14.0. The van der Waals surface area contributed by atoms with E-state index in [2.05, 4.69) is 0 Å². The first kappa shape index (κ1) is 13.9. The molecule has 4 heteroatoms. The van der Waals surface area contributed by atoms with Gasteiger partial charge in [-0.25, -0.2) is 0 Å². The Morgan fingerprint density at radius 2 is 2.37 bits per heavy atom. The quantitative estimate of drug-likeness (QED) is 0.904. The summed E-state index contributed by atoms with van der Waals surface area (Å²) in [5.74, 6) is 0.700. The highest BCUT2D eigenvalue weighted by Crippen LogP contribution is 2.18. The van der Waals surface area contributed by atoms with Crippen LogP contribution in [0.1, 0.15) is 36.5 Å². The molecule has 1 aliphatic rings. The molecule has 0 unspecified atom stereocenters. The topological polar surface area (TPSA) is 49.8 Å². The van der Waals surface area contributed by atoms with Crippen LogP contribution in [0.4, 0.5) is 0 Å². The Morgan fingerprint density at radius 3 is 3.11 bits per heavy atom. The molecular formula is C15H21NO3. The van der Waals surface area contributed by atoms with Crippen molar-refractivity contribution in [2.24, 2.45) is 0 Å². The highest BCUT2D eigenvalue weighted by atomic mass is 16.5. The summed E-state index contributed by atoms with van der Waals surface area (Å²) in [6.45, 7) is 3.85. The number of piperidine rings is 1. The van der Waals surface area contributed by atoms with E-state index in [0.29, 0.717) is 18.7 Å². The predicted octanol–water partition coefficient (Wildman–Crippen LogP) is 2.07. The summed E-state index contributed by atoms with van der Waals surface area (Å²) in [6, 6.07) is 7.26. The molecule has 0 radical (unpaired) electrons. The number of rotatable bonds is 4. The van der Waals surface area contributed by atoms with Gasteiger partial charge in [0.15, 0.2) is 0 Å². The predicted molar refractivity (Wildman–Crippen MR) is 73.4 cm³/mol. The lowest BCUT2D eigenvalue weighted by molar-refractivity contribution is 0.0473. The molecule has 19 heavy (non-hydrogen) atoms. The molecule has 4 nitrogen and oxygen atoms in total. The summed E-state index contributed by atoms with van der Waals surface area (Å²) in [5.41, 5.74) is 0.628. The van der Waals surface area contributed by atoms with Gasteiger partial charge in [-0.15, -0.1) is 0 Å². The summed E-state index contributed by atoms with van der Waals surface area (Å²) in [6.07, 6.45) is 2.19. The zero-order valence-electron chi connectivity index (χ0n) is 11.3. The molecule has 1 aromatic rings. The van der Waals surface area contributed by atoms with Crippen LogP contribution in [0.2, 0.25) is 0 Å². The average molecular weight is 263 g/mol. The van der Waals surface area contributed by atoms with Crippen molar-refractivity contribution in [3.05, 3.63) is 29.8 Å². The summed E-state index contributed by atoms with van der Waals surface area (Å²) < 4.78 is 5.53. The highest BCUT2D eigenvalue weighted by Gasteiger charge is 2.23. The van der Waals surface area contributed by atoms with Crippen LogP contribution in [0.25, 0.3) is 0 Å². The molecule has 1 aromatic carbocycles. The van der Waals surface area contributed by atoms with Crippen molar-refractivity contribution in [1.29, 1.82) is 0 Å². The maximum atomic E-state index is 12.3. The SMILES string of the molecule is CCCOc1cccc(C(=O)N2CCC[C@H](O)C2)c1. The van der Waals surface area contributed by atoms with E-state index in [0.717, 1.165) is 31.6 Å². The number of aliphatic hydroxyl groups excluding tert-OH is 1. The normalized spacial score (nSPS) is 19.3. The smallest absolute Gasteiger partial charge is 0.254 e. The third kappa shape index (κ3) is 3.70. The number of nitrogens with zero attached hydrogens (tertiary/aromatic N) is 1. The van der Waals surface area contributed by atoms with E-state index >= 15 is 0 Å². The van der Waals surface area contributed by atoms with Gasteiger partial charge in [0.1, 0.15) is 5.75 Å². The van der Waals surface area contributed by atoms with Crippen LogP contribution in [-0.4, -0.2) is 41.7 Å². The zero-order chi connectivity index (χ0) is 13.7. The molecule has 0 aliphatic carbocycles. The van der Waals surface area contributed by atoms with E-state index in [-0.39, 0.29) is 5.91 Å². The van der Waals surface area contributed by atoms with E-state index in [9.17, 15) is 9.90 Å². The summed E-state index contributed by atoms with van der Waals surface area (Å²) in [5, 5.41) is 9.63. The molecule has 0 spiro atoms. The van der Waals surface area contributed by atoms with E-state index < -0.39 is 6.10 Å². The van der Waals surface area contributed by atoms with Crippen LogP contribution < -0.4 is 4.74 Å². The van der Waals surface area contributed by atoms with Crippen LogP contribution in [0.5, 0.6) is 5.75 Å². The summed E-state index contributed by atoms with van der Waals surface area (Å²) in [7, 11) is 0. The number of ether oxygens (including phenoxy) is 1. The molecule has 1 amide bonds. The van der Waals surface area contributed by atoms with Crippen molar-refractivity contribution in [2.75, 3.05) is 19.7 Å². The van der Waals surface area contributed by atoms with Gasteiger partial charge in [0.2, 0.25) is 0 Å². The lowest BCUT2D eigenvalue weighted by Crippen LogP contribution is -2.42. The number of hydrogen-bond donors (Lipinski definition) is 1. The minimum atomic E-state index is -0.391. The molecule has 104 valence electrons. The minimum absolute atomic E-state index is 0.0271. The van der Waals surface area contributed by atoms with Gasteiger partial charge in [0, 0.05) is 18.7 Å². The van der Waals surface area contributed by atoms with Gasteiger partial charge in [-0.1, -0.05) is 13.0 Å². The van der Waals surface area contributed by atoms with Crippen LogP contribution in [0.15, 0.2) is 24.3 Å². The Labute approximate surface area is 114 Å². The monoisotopic (exact) mass is 263 g/mol. The van der Waals surface area contributed by atoms with E-state index in [1.165, 1.54) is 0 Å². The second kappa shape index (κ2) is 6.57. The molecule has 0 saturated carbocycles. The van der Waals surface area contributed by atoms with Crippen LogP contribution >= 0.6 is 0 Å². The van der Waals surface area contributed by atoms with Gasteiger partial charge < -0.3 is 14.7 Å². The number of aliphatic hydroxyl groups is 1. The molecule has 0 bridgehead atoms. The molecular weight excluding hydrogens is 242 g/mol. The number of benzene rings is 1. The first-order valence-electron chi connectivity index (χ1n) is 6.91. The molecule has 1 fully saturated rings. The van der Waals surface area contributed by atoms with Gasteiger partial charge in [-0.05, 0) is 37.5 Å². The van der Waals surface area contributed by atoms with Crippen molar-refractivity contribution >= 4 is 5.91 Å². The van der Waals surface area contributed by atoms with Gasteiger partial charge >= 0.3 is 0 Å². The Kier molecular flexibility index (Phi) is 4.80. The fraction of sp³-hybridized carbons (Fsp3) is 0.533. The number of β-amino-alcohol motifs (C(OH)–C–C–N with tert-alkyl or cyclic N) is 1. The standard InChI is InChI=1S/C15H21NO3/c1-2-9-19-14-7-3-5-12(10-14)15(18)16-8-4-6-13(17)11-16/h3,5,7,10,13,17H,2,4,6,8-9,11H2,1H3/t13-/m0/s1. The third-order valence-electron chi connectivity index (χ3n) is 3.24. The lowest BCUT2D eigenvalue weighted by Gasteiger charge is -2.30. The Balaban J connectivity index is 2.05. The van der Waals surface area contributed by atoms with Gasteiger partial charge in [0.05, 0.1) is 12.7 Å². The number of likely N-dealkylation sites (tertiary alicyclic amines) is 1. The van der Waals surface area contributed by atoms with Crippen LogP contribution in [0, 0.1) is 0 Å². The number of amides is 1. The highest BCUT2D eigenvalue weighted by molar-refractivity contribution is 5.94. The fourth-order valence-electron chi connectivity index (χ4n) is 2.26. The molecule has 1 atom stereocenters. The molecule has 1 heterocycles. The maximum absolute atomic E-state index is 12.3. The molecule has 1 aliphatic heterocycles. The fourth-order valence-corrected chi connectivity index (χ4v) is 2.26. The van der Waals surface area contributed by atoms with Gasteiger partial charge in [-0.3, -0.25) is 4.79 Å². The first-order valence-corrected chi connectivity index (χ1v) is 6.91. The number of hydrogen-bond acceptors (Lipinski definition) is 3. The van der Waals surface area contributed by atoms with E-state index in [1.807, 2.05) is 19.1 Å². The first-order chi connectivity index (χ1) is 9.20. The average Bonchev–Trinajstić information content (AvgIpc) is 2.44. The number of carbonyl (C=O) groups excluding carboxylic acids is 1. The third-order valence-corrected chi connectivity index (χ3v) is 3.24. The molecule has 2 rings (SSSR count). The van der Waals surface area contributed by atoms with Gasteiger partial charge in [0.25, 0.3) is 5.91 Å². The van der Waals surface area contributed by atoms with Crippen molar-refractivity contribution in [1.82, 2.24) is 4.90 Å². The van der Waals surface area contributed by atoms with E-state index in [1.54, 1.807) is 17.0 Å². The maximum Gasteiger partial charge on any atom is 0.254 e. The van der Waals surface area contributed by atoms with Crippen LogP contribution in [0.3, 0.4) is 0 Å².